The number of aromatic nitrogens is 4. The van der Waals surface area contributed by atoms with E-state index in [1.165, 1.54) is 6.33 Å². The van der Waals surface area contributed by atoms with Gasteiger partial charge in [-0.1, -0.05) is 11.6 Å². The van der Waals surface area contributed by atoms with E-state index in [1.54, 1.807) is 18.4 Å². The quantitative estimate of drug-likeness (QED) is 0.667. The van der Waals surface area contributed by atoms with Gasteiger partial charge in [-0.05, 0) is 12.1 Å². The number of halogens is 2. The van der Waals surface area contributed by atoms with Crippen LogP contribution in [-0.4, -0.2) is 32.5 Å². The van der Waals surface area contributed by atoms with Gasteiger partial charge in [0.2, 0.25) is 5.88 Å². The van der Waals surface area contributed by atoms with Crippen molar-refractivity contribution in [2.24, 2.45) is 0 Å². The van der Waals surface area contributed by atoms with Gasteiger partial charge < -0.3 is 9.30 Å². The molecule has 0 aliphatic rings. The molecule has 0 aliphatic heterocycles. The lowest BCUT2D eigenvalue weighted by Gasteiger charge is -2.06. The maximum Gasteiger partial charge on any atom is 0.245 e. The van der Waals surface area contributed by atoms with Crippen molar-refractivity contribution in [1.82, 2.24) is 19.5 Å². The van der Waals surface area contributed by atoms with Crippen molar-refractivity contribution in [1.29, 1.82) is 0 Å². The van der Waals surface area contributed by atoms with Crippen molar-refractivity contribution < 1.29 is 4.74 Å². The van der Waals surface area contributed by atoms with Gasteiger partial charge >= 0.3 is 0 Å². The van der Waals surface area contributed by atoms with Crippen LogP contribution >= 0.6 is 34.5 Å². The molecule has 8 heteroatoms. The number of alkyl halides is 1. The number of hydrogen-bond donors (Lipinski definition) is 0. The van der Waals surface area contributed by atoms with E-state index < -0.39 is 0 Å². The highest BCUT2D eigenvalue weighted by molar-refractivity contribution is 7.16. The molecule has 0 spiro atoms. The first-order valence-electron chi connectivity index (χ1n) is 6.27. The van der Waals surface area contributed by atoms with Gasteiger partial charge in [-0.25, -0.2) is 9.97 Å². The highest BCUT2D eigenvalue weighted by Gasteiger charge is 2.16. The number of hydrogen-bond acceptors (Lipinski definition) is 5. The minimum Gasteiger partial charge on any atom is -0.479 e. The molecule has 3 aromatic heterocycles. The van der Waals surface area contributed by atoms with E-state index in [2.05, 4.69) is 15.0 Å². The first-order valence-corrected chi connectivity index (χ1v) is 8.00. The van der Waals surface area contributed by atoms with Crippen LogP contribution in [0.1, 0.15) is 10.7 Å². The van der Waals surface area contributed by atoms with Gasteiger partial charge in [0.05, 0.1) is 18.0 Å². The Labute approximate surface area is 135 Å². The van der Waals surface area contributed by atoms with Crippen LogP contribution in [0.15, 0.2) is 18.5 Å². The summed E-state index contributed by atoms with van der Waals surface area (Å²) in [6.07, 6.45) is 2.13. The van der Waals surface area contributed by atoms with Crippen molar-refractivity contribution in [3.8, 4) is 5.88 Å². The number of methoxy groups -OCH3 is 1. The van der Waals surface area contributed by atoms with Crippen molar-refractivity contribution in [2.75, 3.05) is 13.0 Å². The molecule has 0 radical (unpaired) electrons. The molecule has 0 saturated heterocycles. The average Bonchev–Trinajstić information content (AvgIpc) is 3.04. The zero-order chi connectivity index (χ0) is 14.8. The van der Waals surface area contributed by atoms with E-state index in [4.69, 9.17) is 27.9 Å². The molecule has 21 heavy (non-hydrogen) atoms. The summed E-state index contributed by atoms with van der Waals surface area (Å²) in [5, 5.41) is 0. The molecule has 3 heterocycles. The second-order valence-corrected chi connectivity index (χ2v) is 6.49. The van der Waals surface area contributed by atoms with Gasteiger partial charge in [0, 0.05) is 17.2 Å². The molecule has 3 rings (SSSR count). The van der Waals surface area contributed by atoms with E-state index in [0.717, 1.165) is 20.7 Å². The first kappa shape index (κ1) is 14.6. The van der Waals surface area contributed by atoms with Gasteiger partial charge in [0.1, 0.15) is 12.2 Å². The summed E-state index contributed by atoms with van der Waals surface area (Å²) in [5.74, 6) is 1.83. The van der Waals surface area contributed by atoms with Gasteiger partial charge in [-0.3, -0.25) is 0 Å². The SMILES string of the molecule is COc1ncnc2c1nc(CCCl)n2Cc1ccc(Cl)s1. The highest BCUT2D eigenvalue weighted by Crippen LogP contribution is 2.26. The maximum atomic E-state index is 5.99. The molecule has 3 aromatic rings. The fourth-order valence-electron chi connectivity index (χ4n) is 2.14. The number of nitrogens with zero attached hydrogens (tertiary/aromatic N) is 4. The number of rotatable bonds is 5. The van der Waals surface area contributed by atoms with Gasteiger partial charge in [0.25, 0.3) is 0 Å². The van der Waals surface area contributed by atoms with Crippen molar-refractivity contribution in [2.45, 2.75) is 13.0 Å². The second kappa shape index (κ2) is 6.17. The molecular formula is C13H12Cl2N4OS. The number of fused-ring (bicyclic) bond motifs is 1. The molecule has 0 saturated carbocycles. The van der Waals surface area contributed by atoms with Gasteiger partial charge in [-0.15, -0.1) is 22.9 Å². The van der Waals surface area contributed by atoms with Crippen LogP contribution in [0, 0.1) is 0 Å². The third kappa shape index (κ3) is 2.84. The third-order valence-corrected chi connectivity index (χ3v) is 4.44. The van der Waals surface area contributed by atoms with Crippen molar-refractivity contribution in [3.05, 3.63) is 33.5 Å². The van der Waals surface area contributed by atoms with Crippen LogP contribution in [0.4, 0.5) is 0 Å². The minimum atomic E-state index is 0.471. The standard InChI is InChI=1S/C13H12Cl2N4OS/c1-20-13-11-12(16-7-17-13)19(10(18-11)4-5-14)6-8-2-3-9(15)21-8/h2-3,7H,4-6H2,1H3. The van der Waals surface area contributed by atoms with Crippen LogP contribution in [0.5, 0.6) is 5.88 Å². The summed E-state index contributed by atoms with van der Waals surface area (Å²) >= 11 is 13.4. The van der Waals surface area contributed by atoms with Gasteiger partial charge in [-0.2, -0.15) is 4.98 Å². The van der Waals surface area contributed by atoms with Crippen LogP contribution in [0.25, 0.3) is 11.2 Å². The first-order chi connectivity index (χ1) is 10.2. The second-order valence-electron chi connectivity index (χ2n) is 4.31. The van der Waals surface area contributed by atoms with Crippen LogP contribution in [-0.2, 0) is 13.0 Å². The minimum absolute atomic E-state index is 0.471. The molecule has 110 valence electrons. The Morgan fingerprint density at radius 2 is 2.19 bits per heavy atom. The summed E-state index contributed by atoms with van der Waals surface area (Å²) in [4.78, 5) is 14.1. The summed E-state index contributed by atoms with van der Waals surface area (Å²) in [6.45, 7) is 0.653. The molecular weight excluding hydrogens is 331 g/mol. The fraction of sp³-hybridized carbons (Fsp3) is 0.308. The summed E-state index contributed by atoms with van der Waals surface area (Å²) < 4.78 is 8.05. The smallest absolute Gasteiger partial charge is 0.245 e. The predicted octanol–water partition coefficient (Wildman–Crippen LogP) is 3.38. The lowest BCUT2D eigenvalue weighted by Crippen LogP contribution is -2.05. The zero-order valence-electron chi connectivity index (χ0n) is 11.2. The molecule has 0 bridgehead atoms. The van der Waals surface area contributed by atoms with E-state index in [-0.39, 0.29) is 0 Å². The predicted molar refractivity (Wildman–Crippen MR) is 84.7 cm³/mol. The number of imidazole rings is 1. The van der Waals surface area contributed by atoms with Crippen molar-refractivity contribution in [3.63, 3.8) is 0 Å². The van der Waals surface area contributed by atoms with Gasteiger partial charge in [0.15, 0.2) is 11.2 Å². The molecule has 0 N–H and O–H groups in total. The zero-order valence-corrected chi connectivity index (χ0v) is 13.5. The normalized spacial score (nSPS) is 11.2. The third-order valence-electron chi connectivity index (χ3n) is 3.03. The van der Waals surface area contributed by atoms with E-state index >= 15 is 0 Å². The average molecular weight is 343 g/mol. The van der Waals surface area contributed by atoms with Crippen LogP contribution < -0.4 is 4.74 Å². The molecule has 0 aromatic carbocycles. The number of aryl methyl sites for hydroxylation is 1. The molecule has 0 unspecified atom stereocenters. The van der Waals surface area contributed by atoms with E-state index in [1.807, 2.05) is 16.7 Å². The van der Waals surface area contributed by atoms with E-state index in [9.17, 15) is 0 Å². The van der Waals surface area contributed by atoms with E-state index in [0.29, 0.717) is 30.2 Å². The Morgan fingerprint density at radius 1 is 1.33 bits per heavy atom. The molecule has 5 nitrogen and oxygen atoms in total. The Balaban J connectivity index is 2.11. The number of thiophene rings is 1. The largest absolute Gasteiger partial charge is 0.479 e. The number of ether oxygens (including phenoxy) is 1. The Hall–Kier alpha value is -1.37. The molecule has 0 aliphatic carbocycles. The maximum absolute atomic E-state index is 5.99. The van der Waals surface area contributed by atoms with Crippen LogP contribution in [0.2, 0.25) is 4.34 Å². The molecule has 0 fully saturated rings. The van der Waals surface area contributed by atoms with Crippen LogP contribution in [0.3, 0.4) is 0 Å². The Morgan fingerprint density at radius 3 is 2.86 bits per heavy atom. The molecule has 0 amide bonds. The topological polar surface area (TPSA) is 52.8 Å². The Kier molecular flexibility index (Phi) is 4.28. The summed E-state index contributed by atoms with van der Waals surface area (Å²) in [6, 6.07) is 3.89. The fourth-order valence-corrected chi connectivity index (χ4v) is 3.39. The molecule has 0 atom stereocenters. The Bertz CT molecular complexity index is 771. The monoisotopic (exact) mass is 342 g/mol. The lowest BCUT2D eigenvalue weighted by atomic mass is 10.4. The lowest BCUT2D eigenvalue weighted by molar-refractivity contribution is 0.401. The summed E-state index contributed by atoms with van der Waals surface area (Å²) in [5.41, 5.74) is 1.40. The highest BCUT2D eigenvalue weighted by atomic mass is 35.5. The van der Waals surface area contributed by atoms with Crippen molar-refractivity contribution >= 4 is 45.7 Å². The summed E-state index contributed by atoms with van der Waals surface area (Å²) in [7, 11) is 1.57.